The highest BCUT2D eigenvalue weighted by atomic mass is 16.5. The molecule has 2 aliphatic rings. The van der Waals surface area contributed by atoms with Crippen molar-refractivity contribution in [2.24, 2.45) is 0 Å². The summed E-state index contributed by atoms with van der Waals surface area (Å²) in [6.07, 6.45) is 3.55. The van der Waals surface area contributed by atoms with Gasteiger partial charge in [0.25, 0.3) is 0 Å². The standard InChI is InChI=1S/C37H38O11/c1-17(2)7-9-19(20-13-25(40)30-23(38)10-11-24(39)32(30)34(20)44)21-14-26(41)31-27(42)15-22(36(46)33(31)35(21)45)28(12-8-18(3)4)48-29(43)16-37(5,6)47/h7-8,10-11,13-15,19,28,38-39,41,45,47H,9,12,16H2,1-6H3/t19-,28+/m1/s1. The molecule has 0 saturated carbocycles. The number of phenolic OH excluding ortho intramolecular Hbond substituents is 4. The number of benzene rings is 2. The van der Waals surface area contributed by atoms with Crippen molar-refractivity contribution in [1.29, 1.82) is 0 Å². The monoisotopic (exact) mass is 658 g/mol. The summed E-state index contributed by atoms with van der Waals surface area (Å²) in [7, 11) is 0. The van der Waals surface area contributed by atoms with Gasteiger partial charge in [-0.1, -0.05) is 23.3 Å². The van der Waals surface area contributed by atoms with E-state index in [4.69, 9.17) is 4.74 Å². The van der Waals surface area contributed by atoms with Crippen molar-refractivity contribution in [1.82, 2.24) is 0 Å². The summed E-state index contributed by atoms with van der Waals surface area (Å²) in [5.74, 6) is -7.89. The summed E-state index contributed by atoms with van der Waals surface area (Å²) in [6.45, 7) is 9.91. The smallest absolute Gasteiger partial charge is 0.309 e. The number of rotatable bonds is 10. The van der Waals surface area contributed by atoms with Crippen LogP contribution in [0, 0.1) is 0 Å². The highest BCUT2D eigenvalue weighted by Crippen LogP contribution is 2.47. The third kappa shape index (κ3) is 7.16. The van der Waals surface area contributed by atoms with Crippen molar-refractivity contribution in [3.63, 3.8) is 0 Å². The second-order valence-electron chi connectivity index (χ2n) is 13.1. The zero-order chi connectivity index (χ0) is 35.8. The fourth-order valence-electron chi connectivity index (χ4n) is 5.73. The Morgan fingerprint density at radius 2 is 1.25 bits per heavy atom. The van der Waals surface area contributed by atoms with Gasteiger partial charge in [0.15, 0.2) is 23.1 Å². The average Bonchev–Trinajstić information content (AvgIpc) is 2.96. The molecule has 0 bridgehead atoms. The maximum atomic E-state index is 14.1. The SMILES string of the molecule is CC(C)=CC[C@H](OC(=O)CC(C)(C)O)C1=CC(=O)c2c(O)cc([C@H](CC=C(C)C)C3=CC(=O)c4c(O)ccc(O)c4C3=O)c(O)c2C1=O. The van der Waals surface area contributed by atoms with Gasteiger partial charge in [-0.2, -0.15) is 0 Å². The maximum absolute atomic E-state index is 14.1. The van der Waals surface area contributed by atoms with Gasteiger partial charge < -0.3 is 30.3 Å². The van der Waals surface area contributed by atoms with E-state index in [-0.39, 0.29) is 35.1 Å². The molecule has 11 heteroatoms. The van der Waals surface area contributed by atoms with Crippen molar-refractivity contribution in [2.45, 2.75) is 78.4 Å². The Labute approximate surface area is 277 Å². The maximum Gasteiger partial charge on any atom is 0.309 e. The van der Waals surface area contributed by atoms with Crippen LogP contribution < -0.4 is 0 Å². The van der Waals surface area contributed by atoms with E-state index < -0.39 is 92.8 Å². The minimum Gasteiger partial charge on any atom is -0.507 e. The molecule has 0 aliphatic heterocycles. The molecule has 48 heavy (non-hydrogen) atoms. The van der Waals surface area contributed by atoms with Crippen molar-refractivity contribution in [3.8, 4) is 23.0 Å². The molecular weight excluding hydrogens is 620 g/mol. The Bertz CT molecular complexity index is 1870. The first kappa shape index (κ1) is 35.6. The summed E-state index contributed by atoms with van der Waals surface area (Å²) in [5, 5.41) is 53.7. The number of phenols is 4. The Morgan fingerprint density at radius 3 is 1.81 bits per heavy atom. The van der Waals surface area contributed by atoms with Crippen LogP contribution in [0.1, 0.15) is 114 Å². The van der Waals surface area contributed by atoms with Crippen molar-refractivity contribution >= 4 is 29.1 Å². The molecule has 2 aromatic rings. The summed E-state index contributed by atoms with van der Waals surface area (Å²) < 4.78 is 5.57. The molecule has 5 N–H and O–H groups in total. The van der Waals surface area contributed by atoms with Crippen LogP contribution in [0.4, 0.5) is 0 Å². The van der Waals surface area contributed by atoms with E-state index in [2.05, 4.69) is 0 Å². The number of Topliss-reactive ketones (excluding diaryl/α,β-unsaturated/α-hetero) is 2. The van der Waals surface area contributed by atoms with Crippen LogP contribution in [0.2, 0.25) is 0 Å². The Balaban J connectivity index is 1.88. The number of carbonyl (C=O) groups is 5. The van der Waals surface area contributed by atoms with Gasteiger partial charge in [-0.25, -0.2) is 0 Å². The number of fused-ring (bicyclic) bond motifs is 2. The Hall–Kier alpha value is -5.29. The zero-order valence-corrected chi connectivity index (χ0v) is 27.5. The quantitative estimate of drug-likeness (QED) is 0.120. The molecule has 0 fully saturated rings. The molecule has 0 radical (unpaired) electrons. The molecule has 0 heterocycles. The summed E-state index contributed by atoms with van der Waals surface area (Å²) in [5.41, 5.74) is -2.35. The lowest BCUT2D eigenvalue weighted by Crippen LogP contribution is -2.32. The fourth-order valence-corrected chi connectivity index (χ4v) is 5.73. The fraction of sp³-hybridized carbons (Fsp3) is 0.324. The van der Waals surface area contributed by atoms with Gasteiger partial charge in [-0.15, -0.1) is 0 Å². The largest absolute Gasteiger partial charge is 0.507 e. The molecule has 2 aliphatic carbocycles. The van der Waals surface area contributed by atoms with Gasteiger partial charge in [0.05, 0.1) is 34.3 Å². The van der Waals surface area contributed by atoms with E-state index in [0.29, 0.717) is 0 Å². The van der Waals surface area contributed by atoms with Crippen LogP contribution in [0.25, 0.3) is 0 Å². The van der Waals surface area contributed by atoms with Gasteiger partial charge in [-0.3, -0.25) is 24.0 Å². The Morgan fingerprint density at radius 1 is 0.750 bits per heavy atom. The first-order valence-corrected chi connectivity index (χ1v) is 15.3. The van der Waals surface area contributed by atoms with Gasteiger partial charge in [-0.05, 0) is 78.3 Å². The van der Waals surface area contributed by atoms with E-state index >= 15 is 0 Å². The lowest BCUT2D eigenvalue weighted by molar-refractivity contribution is -0.151. The molecule has 0 spiro atoms. The molecule has 0 aromatic heterocycles. The van der Waals surface area contributed by atoms with E-state index in [0.717, 1.165) is 41.5 Å². The van der Waals surface area contributed by atoms with Crippen LogP contribution in [-0.2, 0) is 9.53 Å². The van der Waals surface area contributed by atoms with Crippen molar-refractivity contribution in [3.05, 3.63) is 92.6 Å². The summed E-state index contributed by atoms with van der Waals surface area (Å²) >= 11 is 0. The third-order valence-corrected chi connectivity index (χ3v) is 7.96. The summed E-state index contributed by atoms with van der Waals surface area (Å²) in [6, 6.07) is 3.18. The predicted octanol–water partition coefficient (Wildman–Crippen LogP) is 5.69. The molecule has 2 atom stereocenters. The lowest BCUT2D eigenvalue weighted by Gasteiger charge is -2.28. The molecule has 252 valence electrons. The number of hydrogen-bond donors (Lipinski definition) is 5. The third-order valence-electron chi connectivity index (χ3n) is 7.96. The van der Waals surface area contributed by atoms with E-state index in [9.17, 15) is 49.5 Å². The number of aromatic hydroxyl groups is 4. The van der Waals surface area contributed by atoms with Gasteiger partial charge in [0, 0.05) is 29.0 Å². The number of hydrogen-bond acceptors (Lipinski definition) is 11. The summed E-state index contributed by atoms with van der Waals surface area (Å²) in [4.78, 5) is 67.2. The number of aliphatic hydroxyl groups is 1. The molecular formula is C37H38O11. The highest BCUT2D eigenvalue weighted by molar-refractivity contribution is 6.28. The number of esters is 1. The Kier molecular flexibility index (Phi) is 9.96. The normalized spacial score (nSPS) is 15.5. The van der Waals surface area contributed by atoms with Gasteiger partial charge >= 0.3 is 5.97 Å². The zero-order valence-electron chi connectivity index (χ0n) is 27.5. The minimum atomic E-state index is -1.42. The van der Waals surface area contributed by atoms with Crippen LogP contribution in [-0.4, -0.2) is 66.3 Å². The van der Waals surface area contributed by atoms with Gasteiger partial charge in [0.1, 0.15) is 29.1 Å². The molecule has 4 rings (SSSR count). The average molecular weight is 659 g/mol. The van der Waals surface area contributed by atoms with E-state index in [1.807, 2.05) is 0 Å². The predicted molar refractivity (Wildman–Crippen MR) is 175 cm³/mol. The van der Waals surface area contributed by atoms with E-state index in [1.165, 1.54) is 13.8 Å². The molecule has 0 unspecified atom stereocenters. The molecule has 2 aromatic carbocycles. The van der Waals surface area contributed by atoms with Crippen molar-refractivity contribution in [2.75, 3.05) is 0 Å². The first-order chi connectivity index (χ1) is 22.3. The second-order valence-corrected chi connectivity index (χ2v) is 13.1. The minimum absolute atomic E-state index is 0.0174. The van der Waals surface area contributed by atoms with Crippen LogP contribution in [0.3, 0.4) is 0 Å². The number of carbonyl (C=O) groups excluding carboxylic acids is 5. The highest BCUT2D eigenvalue weighted by Gasteiger charge is 2.40. The first-order valence-electron chi connectivity index (χ1n) is 15.3. The number of allylic oxidation sites excluding steroid dienone is 6. The second kappa shape index (κ2) is 13.4. The molecule has 0 saturated heterocycles. The lowest BCUT2D eigenvalue weighted by atomic mass is 9.76. The van der Waals surface area contributed by atoms with Crippen LogP contribution in [0.5, 0.6) is 23.0 Å². The van der Waals surface area contributed by atoms with Gasteiger partial charge in [0.2, 0.25) is 0 Å². The number of ether oxygens (including phenoxy) is 1. The van der Waals surface area contributed by atoms with Crippen molar-refractivity contribution < 1.29 is 54.2 Å². The molecule has 0 amide bonds. The topological polar surface area (TPSA) is 196 Å². The van der Waals surface area contributed by atoms with E-state index in [1.54, 1.807) is 39.8 Å². The number of ketones is 4. The molecule has 11 nitrogen and oxygen atoms in total. The van der Waals surface area contributed by atoms with Crippen LogP contribution in [0.15, 0.2) is 64.8 Å². The van der Waals surface area contributed by atoms with Crippen LogP contribution >= 0.6 is 0 Å².